The van der Waals surface area contributed by atoms with Gasteiger partial charge in [-0.2, -0.15) is 5.48 Å². The Morgan fingerprint density at radius 3 is 2.11 bits per heavy atom. The Morgan fingerprint density at radius 1 is 1.00 bits per heavy atom. The van der Waals surface area contributed by atoms with Crippen LogP contribution in [0.5, 0.6) is 0 Å². The van der Waals surface area contributed by atoms with E-state index in [-0.39, 0.29) is 11.4 Å². The average Bonchev–Trinajstić information content (AvgIpc) is 2.26. The van der Waals surface area contributed by atoms with Gasteiger partial charge in [-0.3, -0.25) is 4.79 Å². The van der Waals surface area contributed by atoms with Gasteiger partial charge in [0.1, 0.15) is 0 Å². The number of unbranched alkanes of at least 4 members (excludes halogenated alkanes) is 6. The van der Waals surface area contributed by atoms with Crippen LogP contribution < -0.4 is 5.48 Å². The van der Waals surface area contributed by atoms with Crippen molar-refractivity contribution in [3.63, 3.8) is 0 Å². The quantitative estimate of drug-likeness (QED) is 0.470. The maximum Gasteiger partial charge on any atom is 0.324 e. The van der Waals surface area contributed by atoms with Crippen LogP contribution in [0.2, 0.25) is 0 Å². The molecule has 0 aliphatic heterocycles. The average molecular weight is 257 g/mol. The third-order valence-corrected chi connectivity index (χ3v) is 2.77. The van der Waals surface area contributed by atoms with Crippen molar-refractivity contribution in [1.82, 2.24) is 5.48 Å². The molecule has 0 saturated heterocycles. The van der Waals surface area contributed by atoms with Crippen LogP contribution in [0.1, 0.15) is 79.1 Å². The van der Waals surface area contributed by atoms with Gasteiger partial charge < -0.3 is 4.84 Å². The standard InChI is InChI=1S/C15H31NO2/c1-5-6-7-8-9-10-11-12-14(17)18-16-13-15(2,3)4/h16H,5-13H2,1-4H3. The summed E-state index contributed by atoms with van der Waals surface area (Å²) >= 11 is 0. The van der Waals surface area contributed by atoms with Gasteiger partial charge >= 0.3 is 5.97 Å². The van der Waals surface area contributed by atoms with Crippen molar-refractivity contribution >= 4 is 5.97 Å². The van der Waals surface area contributed by atoms with Crippen LogP contribution in [0.15, 0.2) is 0 Å². The van der Waals surface area contributed by atoms with E-state index in [0.29, 0.717) is 13.0 Å². The number of nitrogens with one attached hydrogen (secondary N) is 1. The lowest BCUT2D eigenvalue weighted by Gasteiger charge is -2.17. The van der Waals surface area contributed by atoms with Gasteiger partial charge in [0.15, 0.2) is 0 Å². The molecule has 0 amide bonds. The summed E-state index contributed by atoms with van der Waals surface area (Å²) in [5, 5.41) is 0. The Morgan fingerprint density at radius 2 is 1.56 bits per heavy atom. The molecule has 0 rings (SSSR count). The molecule has 0 heterocycles. The fraction of sp³-hybridized carbons (Fsp3) is 0.933. The predicted octanol–water partition coefficient (Wildman–Crippen LogP) is 4.22. The van der Waals surface area contributed by atoms with Crippen molar-refractivity contribution in [3.05, 3.63) is 0 Å². The first-order valence-corrected chi connectivity index (χ1v) is 7.38. The zero-order valence-corrected chi connectivity index (χ0v) is 12.7. The normalized spacial score (nSPS) is 11.6. The highest BCUT2D eigenvalue weighted by atomic mass is 16.7. The highest BCUT2D eigenvalue weighted by Crippen LogP contribution is 2.11. The summed E-state index contributed by atoms with van der Waals surface area (Å²) in [6, 6.07) is 0. The number of hydrogen-bond acceptors (Lipinski definition) is 3. The third kappa shape index (κ3) is 13.5. The van der Waals surface area contributed by atoms with Gasteiger partial charge in [0.25, 0.3) is 0 Å². The van der Waals surface area contributed by atoms with Crippen LogP contribution in [-0.2, 0) is 9.63 Å². The summed E-state index contributed by atoms with van der Waals surface area (Å²) in [6.07, 6.45) is 9.09. The van der Waals surface area contributed by atoms with Crippen molar-refractivity contribution in [1.29, 1.82) is 0 Å². The van der Waals surface area contributed by atoms with E-state index in [1.54, 1.807) is 0 Å². The van der Waals surface area contributed by atoms with Crippen LogP contribution in [0.25, 0.3) is 0 Å². The maximum atomic E-state index is 11.4. The first-order valence-electron chi connectivity index (χ1n) is 7.38. The fourth-order valence-electron chi connectivity index (χ4n) is 1.61. The summed E-state index contributed by atoms with van der Waals surface area (Å²) in [5.74, 6) is -0.132. The van der Waals surface area contributed by atoms with Gasteiger partial charge in [0.05, 0.1) is 0 Å². The molecular formula is C15H31NO2. The van der Waals surface area contributed by atoms with E-state index in [2.05, 4.69) is 33.2 Å². The van der Waals surface area contributed by atoms with Crippen LogP contribution in [0.4, 0.5) is 0 Å². The Kier molecular flexibility index (Phi) is 10.0. The smallest absolute Gasteiger partial charge is 0.324 e. The van der Waals surface area contributed by atoms with Crippen molar-refractivity contribution in [3.8, 4) is 0 Å². The lowest BCUT2D eigenvalue weighted by Crippen LogP contribution is -2.29. The molecule has 1 N–H and O–H groups in total. The topological polar surface area (TPSA) is 38.3 Å². The minimum Gasteiger partial charge on any atom is -0.371 e. The molecule has 0 unspecified atom stereocenters. The summed E-state index contributed by atoms with van der Waals surface area (Å²) in [7, 11) is 0. The van der Waals surface area contributed by atoms with E-state index in [1.165, 1.54) is 32.1 Å². The Hall–Kier alpha value is -0.570. The highest BCUT2D eigenvalue weighted by molar-refractivity contribution is 5.68. The monoisotopic (exact) mass is 257 g/mol. The van der Waals surface area contributed by atoms with Crippen LogP contribution in [-0.4, -0.2) is 12.5 Å². The summed E-state index contributed by atoms with van der Waals surface area (Å²) in [5.41, 5.74) is 2.88. The largest absolute Gasteiger partial charge is 0.371 e. The number of hydroxylamine groups is 1. The van der Waals surface area contributed by atoms with Gasteiger partial charge in [-0.25, -0.2) is 0 Å². The molecule has 108 valence electrons. The van der Waals surface area contributed by atoms with Crippen molar-refractivity contribution in [2.45, 2.75) is 79.1 Å². The van der Waals surface area contributed by atoms with Crippen molar-refractivity contribution in [2.24, 2.45) is 5.41 Å². The minimum absolute atomic E-state index is 0.132. The molecule has 0 aromatic rings. The molecule has 0 atom stereocenters. The Balaban J connectivity index is 3.27. The van der Waals surface area contributed by atoms with E-state index >= 15 is 0 Å². The zero-order chi connectivity index (χ0) is 13.9. The second-order valence-corrected chi connectivity index (χ2v) is 6.23. The first-order chi connectivity index (χ1) is 8.45. The SMILES string of the molecule is CCCCCCCCCC(=O)ONCC(C)(C)C. The molecule has 0 aliphatic rings. The molecular weight excluding hydrogens is 226 g/mol. The van der Waals surface area contributed by atoms with Gasteiger partial charge in [-0.15, -0.1) is 0 Å². The molecule has 3 heteroatoms. The molecule has 0 radical (unpaired) electrons. The first kappa shape index (κ1) is 17.4. The van der Waals surface area contributed by atoms with E-state index in [0.717, 1.165) is 12.8 Å². The van der Waals surface area contributed by atoms with Gasteiger partial charge in [-0.05, 0) is 11.8 Å². The Bertz CT molecular complexity index is 209. The lowest BCUT2D eigenvalue weighted by molar-refractivity contribution is -0.152. The summed E-state index contributed by atoms with van der Waals surface area (Å²) in [6.45, 7) is 9.22. The number of hydrogen-bond donors (Lipinski definition) is 1. The number of carbonyl (C=O) groups excluding carboxylic acids is 1. The molecule has 0 aliphatic carbocycles. The summed E-state index contributed by atoms with van der Waals surface area (Å²) in [4.78, 5) is 16.4. The Labute approximate surface area is 113 Å². The van der Waals surface area contributed by atoms with E-state index in [1.807, 2.05) is 0 Å². The second-order valence-electron chi connectivity index (χ2n) is 6.23. The second kappa shape index (κ2) is 10.4. The van der Waals surface area contributed by atoms with Crippen molar-refractivity contribution in [2.75, 3.05) is 6.54 Å². The predicted molar refractivity (Wildman–Crippen MR) is 76.2 cm³/mol. The highest BCUT2D eigenvalue weighted by Gasteiger charge is 2.10. The van der Waals surface area contributed by atoms with Crippen LogP contribution in [0.3, 0.4) is 0 Å². The maximum absolute atomic E-state index is 11.4. The lowest BCUT2D eigenvalue weighted by atomic mass is 9.98. The van der Waals surface area contributed by atoms with E-state index < -0.39 is 0 Å². The zero-order valence-electron chi connectivity index (χ0n) is 12.7. The van der Waals surface area contributed by atoms with Crippen LogP contribution >= 0.6 is 0 Å². The molecule has 0 aromatic carbocycles. The molecule has 0 aromatic heterocycles. The van der Waals surface area contributed by atoms with Crippen LogP contribution in [0, 0.1) is 5.41 Å². The molecule has 18 heavy (non-hydrogen) atoms. The van der Waals surface area contributed by atoms with Gasteiger partial charge in [-0.1, -0.05) is 66.2 Å². The van der Waals surface area contributed by atoms with Gasteiger partial charge in [0.2, 0.25) is 0 Å². The molecule has 0 fully saturated rings. The third-order valence-electron chi connectivity index (χ3n) is 2.77. The number of rotatable bonds is 10. The summed E-state index contributed by atoms with van der Waals surface area (Å²) < 4.78 is 0. The fourth-order valence-corrected chi connectivity index (χ4v) is 1.61. The van der Waals surface area contributed by atoms with E-state index in [9.17, 15) is 4.79 Å². The van der Waals surface area contributed by atoms with Gasteiger partial charge in [0, 0.05) is 13.0 Å². The molecule has 3 nitrogen and oxygen atoms in total. The number of carbonyl (C=O) groups is 1. The molecule has 0 spiro atoms. The van der Waals surface area contributed by atoms with Crippen molar-refractivity contribution < 1.29 is 9.63 Å². The minimum atomic E-state index is -0.132. The molecule has 0 saturated carbocycles. The van der Waals surface area contributed by atoms with E-state index in [4.69, 9.17) is 4.84 Å². The molecule has 0 bridgehead atoms.